The van der Waals surface area contributed by atoms with Crippen LogP contribution in [0.1, 0.15) is 6.42 Å². The van der Waals surface area contributed by atoms with E-state index < -0.39 is 0 Å². The van der Waals surface area contributed by atoms with Crippen LogP contribution in [0.15, 0.2) is 30.5 Å². The maximum atomic E-state index is 6.21. The summed E-state index contributed by atoms with van der Waals surface area (Å²) in [5, 5.41) is 2.06. The van der Waals surface area contributed by atoms with E-state index in [9.17, 15) is 0 Å². The molecule has 2 rings (SSSR count). The van der Waals surface area contributed by atoms with Crippen LogP contribution in [0.5, 0.6) is 0 Å². The highest BCUT2D eigenvalue weighted by Gasteiger charge is 2.04. The summed E-state index contributed by atoms with van der Waals surface area (Å²) in [7, 11) is 4.20. The third kappa shape index (κ3) is 2.39. The molecule has 0 radical (unpaired) electrons. The molecule has 0 N–H and O–H groups in total. The predicted octanol–water partition coefficient (Wildman–Crippen LogP) is 3.25. The van der Waals surface area contributed by atoms with Gasteiger partial charge in [-0.1, -0.05) is 23.7 Å². The molecule has 0 atom stereocenters. The molecule has 2 aromatic rings. The van der Waals surface area contributed by atoms with Gasteiger partial charge in [0.1, 0.15) is 0 Å². The molecule has 0 spiro atoms. The molecule has 16 heavy (non-hydrogen) atoms. The first kappa shape index (κ1) is 11.5. The van der Waals surface area contributed by atoms with Crippen molar-refractivity contribution in [3.63, 3.8) is 0 Å². The Morgan fingerprint density at radius 1 is 1.25 bits per heavy atom. The minimum absolute atomic E-state index is 0.840. The zero-order valence-corrected chi connectivity index (χ0v) is 10.5. The van der Waals surface area contributed by atoms with Crippen molar-refractivity contribution in [1.82, 2.24) is 9.47 Å². The molecule has 2 nitrogen and oxygen atoms in total. The first-order valence-electron chi connectivity index (χ1n) is 5.56. The van der Waals surface area contributed by atoms with E-state index >= 15 is 0 Å². The smallest absolute Gasteiger partial charge is 0.0669 e. The standard InChI is InChI=1S/C13H17ClN2/c1-15(2)8-4-9-16-10-7-11-5-3-6-12(14)13(11)16/h3,5-7,10H,4,8-9H2,1-2H3. The summed E-state index contributed by atoms with van der Waals surface area (Å²) in [6.45, 7) is 2.12. The molecule has 0 unspecified atom stereocenters. The number of para-hydroxylation sites is 1. The molecule has 0 aliphatic carbocycles. The molecule has 0 aliphatic heterocycles. The van der Waals surface area contributed by atoms with Crippen LogP contribution in [0.4, 0.5) is 0 Å². The van der Waals surface area contributed by atoms with Crippen LogP contribution in [-0.4, -0.2) is 30.1 Å². The minimum Gasteiger partial charge on any atom is -0.346 e. The average Bonchev–Trinajstić information content (AvgIpc) is 2.62. The van der Waals surface area contributed by atoms with Gasteiger partial charge in [-0.3, -0.25) is 0 Å². The Balaban J connectivity index is 2.18. The van der Waals surface area contributed by atoms with E-state index in [0.29, 0.717) is 0 Å². The number of nitrogens with zero attached hydrogens (tertiary/aromatic N) is 2. The second-order valence-electron chi connectivity index (χ2n) is 4.34. The highest BCUT2D eigenvalue weighted by atomic mass is 35.5. The van der Waals surface area contributed by atoms with Crippen LogP contribution < -0.4 is 0 Å². The molecule has 0 saturated heterocycles. The maximum Gasteiger partial charge on any atom is 0.0669 e. The molecule has 1 aromatic carbocycles. The lowest BCUT2D eigenvalue weighted by Crippen LogP contribution is -2.14. The molecule has 0 amide bonds. The Morgan fingerprint density at radius 3 is 2.81 bits per heavy atom. The van der Waals surface area contributed by atoms with Gasteiger partial charge in [0.2, 0.25) is 0 Å². The number of halogens is 1. The number of aromatic nitrogens is 1. The third-order valence-electron chi connectivity index (χ3n) is 2.74. The van der Waals surface area contributed by atoms with E-state index in [4.69, 9.17) is 11.6 Å². The Morgan fingerprint density at radius 2 is 2.06 bits per heavy atom. The van der Waals surface area contributed by atoms with Crippen LogP contribution in [0.2, 0.25) is 5.02 Å². The van der Waals surface area contributed by atoms with Gasteiger partial charge in [0.25, 0.3) is 0 Å². The molecule has 0 bridgehead atoms. The highest BCUT2D eigenvalue weighted by Crippen LogP contribution is 2.24. The van der Waals surface area contributed by atoms with E-state index in [2.05, 4.69) is 41.9 Å². The summed E-state index contributed by atoms with van der Waals surface area (Å²) in [5.74, 6) is 0. The molecule has 0 aliphatic rings. The molecular weight excluding hydrogens is 220 g/mol. The second-order valence-corrected chi connectivity index (χ2v) is 4.75. The summed E-state index contributed by atoms with van der Waals surface area (Å²) in [4.78, 5) is 2.20. The highest BCUT2D eigenvalue weighted by molar-refractivity contribution is 6.35. The first-order chi connectivity index (χ1) is 7.68. The lowest BCUT2D eigenvalue weighted by molar-refractivity contribution is 0.388. The quantitative estimate of drug-likeness (QED) is 0.791. The van der Waals surface area contributed by atoms with Crippen molar-refractivity contribution in [1.29, 1.82) is 0 Å². The van der Waals surface area contributed by atoms with E-state index in [0.717, 1.165) is 30.0 Å². The van der Waals surface area contributed by atoms with Gasteiger partial charge in [0.15, 0.2) is 0 Å². The Labute approximate surface area is 101 Å². The lowest BCUT2D eigenvalue weighted by Gasteiger charge is -2.10. The summed E-state index contributed by atoms with van der Waals surface area (Å²) in [6, 6.07) is 8.17. The van der Waals surface area contributed by atoms with Crippen molar-refractivity contribution in [3.8, 4) is 0 Å². The fourth-order valence-electron chi connectivity index (χ4n) is 1.96. The van der Waals surface area contributed by atoms with E-state index in [-0.39, 0.29) is 0 Å². The fraction of sp³-hybridized carbons (Fsp3) is 0.385. The van der Waals surface area contributed by atoms with Gasteiger partial charge in [-0.25, -0.2) is 0 Å². The van der Waals surface area contributed by atoms with Crippen LogP contribution in [0.3, 0.4) is 0 Å². The Hall–Kier alpha value is -0.990. The van der Waals surface area contributed by atoms with Crippen molar-refractivity contribution in [2.24, 2.45) is 0 Å². The van der Waals surface area contributed by atoms with E-state index in [1.165, 1.54) is 5.39 Å². The Kier molecular flexibility index (Phi) is 3.52. The summed E-state index contributed by atoms with van der Waals surface area (Å²) in [5.41, 5.74) is 1.16. The van der Waals surface area contributed by atoms with Crippen LogP contribution in [0.25, 0.3) is 10.9 Å². The molecule has 86 valence electrons. The van der Waals surface area contributed by atoms with Crippen molar-refractivity contribution in [2.45, 2.75) is 13.0 Å². The van der Waals surface area contributed by atoms with Crippen LogP contribution >= 0.6 is 11.6 Å². The minimum atomic E-state index is 0.840. The van der Waals surface area contributed by atoms with Crippen molar-refractivity contribution in [3.05, 3.63) is 35.5 Å². The van der Waals surface area contributed by atoms with Crippen molar-refractivity contribution in [2.75, 3.05) is 20.6 Å². The SMILES string of the molecule is CN(C)CCCn1ccc2cccc(Cl)c21. The molecule has 3 heteroatoms. The van der Waals surface area contributed by atoms with Gasteiger partial charge in [-0.05, 0) is 39.2 Å². The molecular formula is C13H17ClN2. The van der Waals surface area contributed by atoms with Crippen LogP contribution in [-0.2, 0) is 6.54 Å². The lowest BCUT2D eigenvalue weighted by atomic mass is 10.2. The number of rotatable bonds is 4. The largest absolute Gasteiger partial charge is 0.346 e. The molecule has 1 heterocycles. The number of benzene rings is 1. The van der Waals surface area contributed by atoms with Gasteiger partial charge in [0.05, 0.1) is 10.5 Å². The van der Waals surface area contributed by atoms with Gasteiger partial charge >= 0.3 is 0 Å². The number of hydrogen-bond acceptors (Lipinski definition) is 1. The fourth-order valence-corrected chi connectivity index (χ4v) is 2.25. The molecule has 0 saturated carbocycles. The van der Waals surface area contributed by atoms with Gasteiger partial charge in [-0.2, -0.15) is 0 Å². The first-order valence-corrected chi connectivity index (χ1v) is 5.94. The number of hydrogen-bond donors (Lipinski definition) is 0. The summed E-state index contributed by atoms with van der Waals surface area (Å²) < 4.78 is 2.24. The van der Waals surface area contributed by atoms with Crippen LogP contribution in [0, 0.1) is 0 Å². The normalized spacial score (nSPS) is 11.5. The zero-order chi connectivity index (χ0) is 11.5. The molecule has 0 fully saturated rings. The second kappa shape index (κ2) is 4.89. The summed E-state index contributed by atoms with van der Waals surface area (Å²) >= 11 is 6.21. The van der Waals surface area contributed by atoms with Gasteiger partial charge in [0, 0.05) is 18.1 Å². The zero-order valence-electron chi connectivity index (χ0n) is 9.78. The van der Waals surface area contributed by atoms with Crippen molar-refractivity contribution >= 4 is 22.5 Å². The van der Waals surface area contributed by atoms with E-state index in [1.54, 1.807) is 0 Å². The predicted molar refractivity (Wildman–Crippen MR) is 70.1 cm³/mol. The van der Waals surface area contributed by atoms with Gasteiger partial charge in [-0.15, -0.1) is 0 Å². The third-order valence-corrected chi connectivity index (χ3v) is 3.05. The van der Waals surface area contributed by atoms with E-state index in [1.807, 2.05) is 12.1 Å². The number of aryl methyl sites for hydroxylation is 1. The topological polar surface area (TPSA) is 8.17 Å². The van der Waals surface area contributed by atoms with Gasteiger partial charge < -0.3 is 9.47 Å². The summed E-state index contributed by atoms with van der Waals surface area (Å²) in [6.07, 6.45) is 3.26. The number of fused-ring (bicyclic) bond motifs is 1. The maximum absolute atomic E-state index is 6.21. The van der Waals surface area contributed by atoms with Crippen molar-refractivity contribution < 1.29 is 0 Å². The Bertz CT molecular complexity index is 474. The molecule has 1 aromatic heterocycles. The average molecular weight is 237 g/mol. The monoisotopic (exact) mass is 236 g/mol.